The van der Waals surface area contributed by atoms with Crippen LogP contribution in [0.4, 0.5) is 0 Å². The lowest BCUT2D eigenvalue weighted by Gasteiger charge is -2.38. The molecule has 180 valence electrons. The molecule has 2 amide bonds. The molecule has 3 saturated heterocycles. The predicted octanol–water partition coefficient (Wildman–Crippen LogP) is 1.90. The highest BCUT2D eigenvalue weighted by Crippen LogP contribution is 2.64. The third kappa shape index (κ3) is 3.65. The third-order valence-electron chi connectivity index (χ3n) is 7.49. The van der Waals surface area contributed by atoms with Gasteiger partial charge in [0.2, 0.25) is 11.8 Å². The fourth-order valence-corrected chi connectivity index (χ4v) is 6.07. The molecule has 32 heavy (non-hydrogen) atoms. The molecule has 1 N–H and O–H groups in total. The summed E-state index contributed by atoms with van der Waals surface area (Å²) in [7, 11) is 0. The number of amides is 2. The molecule has 5 atom stereocenters. The Morgan fingerprint density at radius 3 is 2.62 bits per heavy atom. The van der Waals surface area contributed by atoms with Crippen molar-refractivity contribution >= 4 is 17.8 Å². The molecule has 0 aromatic heterocycles. The van der Waals surface area contributed by atoms with Crippen molar-refractivity contribution in [2.24, 2.45) is 11.8 Å². The van der Waals surface area contributed by atoms with Crippen LogP contribution in [-0.2, 0) is 23.9 Å². The molecule has 3 aliphatic heterocycles. The number of carbonyl (C=O) groups is 3. The van der Waals surface area contributed by atoms with Crippen LogP contribution in [0, 0.1) is 11.8 Å². The summed E-state index contributed by atoms with van der Waals surface area (Å²) in [6.07, 6.45) is 4.54. The number of rotatable bonds is 11. The fourth-order valence-electron chi connectivity index (χ4n) is 6.07. The normalized spacial score (nSPS) is 33.0. The third-order valence-corrected chi connectivity index (χ3v) is 7.49. The zero-order valence-electron chi connectivity index (χ0n) is 19.8. The molecule has 3 heterocycles. The molecule has 0 saturated carbocycles. The van der Waals surface area contributed by atoms with Crippen molar-refractivity contribution in [1.82, 2.24) is 9.80 Å². The number of likely N-dealkylation sites (tertiary alicyclic amines) is 1. The number of hydrogen-bond donors (Lipinski definition) is 1. The number of hydrogen-bond acceptors (Lipinski definition) is 6. The topological polar surface area (TPSA) is 96.4 Å². The van der Waals surface area contributed by atoms with E-state index in [-0.39, 0.29) is 31.1 Å². The van der Waals surface area contributed by atoms with Crippen molar-refractivity contribution in [3.8, 4) is 0 Å². The van der Waals surface area contributed by atoms with Gasteiger partial charge in [-0.15, -0.1) is 6.58 Å². The van der Waals surface area contributed by atoms with Gasteiger partial charge in [-0.25, -0.2) is 0 Å². The van der Waals surface area contributed by atoms with Gasteiger partial charge in [-0.05, 0) is 52.9 Å². The highest BCUT2D eigenvalue weighted by molar-refractivity contribution is 5.98. The van der Waals surface area contributed by atoms with Gasteiger partial charge in [0.1, 0.15) is 17.6 Å². The summed E-state index contributed by atoms with van der Waals surface area (Å²) in [6, 6.07) is -0.876. The summed E-state index contributed by atoms with van der Waals surface area (Å²) >= 11 is 0. The Morgan fingerprint density at radius 2 is 2.06 bits per heavy atom. The van der Waals surface area contributed by atoms with E-state index >= 15 is 0 Å². The van der Waals surface area contributed by atoms with Crippen molar-refractivity contribution in [2.45, 2.75) is 83.1 Å². The number of fused-ring (bicyclic) bond motifs is 1. The molecule has 8 nitrogen and oxygen atoms in total. The average molecular weight is 451 g/mol. The van der Waals surface area contributed by atoms with E-state index in [1.165, 1.54) is 0 Å². The largest absolute Gasteiger partial charge is 0.466 e. The van der Waals surface area contributed by atoms with E-state index in [1.54, 1.807) is 22.8 Å². The molecule has 3 rings (SSSR count). The van der Waals surface area contributed by atoms with E-state index in [9.17, 15) is 19.5 Å². The smallest absolute Gasteiger partial charge is 0.312 e. The van der Waals surface area contributed by atoms with Gasteiger partial charge in [-0.1, -0.05) is 13.0 Å². The standard InChI is InChI=1S/C24H38N2O6/c1-6-13-25(16(4)5)21(29)19-24-12-11-23(7-2,32-24)18(22(30)31-8-3)17(24)20(28)26(19)14-9-10-15-27/h6,16-19,27H,1,7-15H2,2-5H3/t17-,18+,19?,23-,24?/m0/s1. The Morgan fingerprint density at radius 1 is 1.34 bits per heavy atom. The molecule has 3 fully saturated rings. The maximum Gasteiger partial charge on any atom is 0.312 e. The molecule has 1 spiro atoms. The van der Waals surface area contributed by atoms with Crippen LogP contribution in [0.3, 0.4) is 0 Å². The number of aliphatic hydroxyl groups excluding tert-OH is 1. The summed E-state index contributed by atoms with van der Waals surface area (Å²) in [5.41, 5.74) is -1.81. The lowest BCUT2D eigenvalue weighted by Crippen LogP contribution is -2.57. The lowest BCUT2D eigenvalue weighted by molar-refractivity contribution is -0.161. The first-order chi connectivity index (χ1) is 15.2. The second-order valence-electron chi connectivity index (χ2n) is 9.42. The van der Waals surface area contributed by atoms with Crippen molar-refractivity contribution < 1.29 is 29.0 Å². The average Bonchev–Trinajstić information content (AvgIpc) is 3.36. The van der Waals surface area contributed by atoms with Crippen LogP contribution in [-0.4, -0.2) is 82.3 Å². The summed E-state index contributed by atoms with van der Waals surface area (Å²) in [4.78, 5) is 44.1. The van der Waals surface area contributed by atoms with Crippen LogP contribution in [0.25, 0.3) is 0 Å². The Balaban J connectivity index is 2.07. The summed E-state index contributed by atoms with van der Waals surface area (Å²) in [6.45, 7) is 12.3. The molecular formula is C24H38N2O6. The van der Waals surface area contributed by atoms with Crippen LogP contribution in [0.1, 0.15) is 59.8 Å². The zero-order valence-corrected chi connectivity index (χ0v) is 19.8. The highest BCUT2D eigenvalue weighted by Gasteiger charge is 2.79. The minimum Gasteiger partial charge on any atom is -0.466 e. The molecule has 0 aromatic carbocycles. The molecular weight excluding hydrogens is 412 g/mol. The van der Waals surface area contributed by atoms with Gasteiger partial charge in [0.15, 0.2) is 0 Å². The van der Waals surface area contributed by atoms with Gasteiger partial charge in [0.25, 0.3) is 0 Å². The van der Waals surface area contributed by atoms with E-state index in [1.807, 2.05) is 20.8 Å². The Hall–Kier alpha value is -1.93. The summed E-state index contributed by atoms with van der Waals surface area (Å²) in [5, 5.41) is 9.24. The van der Waals surface area contributed by atoms with Crippen LogP contribution in [0.2, 0.25) is 0 Å². The molecule has 8 heteroatoms. The van der Waals surface area contributed by atoms with Crippen LogP contribution in [0.5, 0.6) is 0 Å². The summed E-state index contributed by atoms with van der Waals surface area (Å²) in [5.74, 6) is -2.23. The second kappa shape index (κ2) is 9.51. The van der Waals surface area contributed by atoms with Crippen molar-refractivity contribution in [2.75, 3.05) is 26.3 Å². The highest BCUT2D eigenvalue weighted by atomic mass is 16.6. The molecule has 2 bridgehead atoms. The first-order valence-corrected chi connectivity index (χ1v) is 11.9. The minimum absolute atomic E-state index is 0.0185. The van der Waals surface area contributed by atoms with Crippen LogP contribution < -0.4 is 0 Å². The first-order valence-electron chi connectivity index (χ1n) is 11.9. The van der Waals surface area contributed by atoms with Crippen LogP contribution in [0.15, 0.2) is 12.7 Å². The molecule has 0 aromatic rings. The van der Waals surface area contributed by atoms with E-state index in [2.05, 4.69) is 6.58 Å². The van der Waals surface area contributed by atoms with E-state index in [0.717, 1.165) is 0 Å². The SMILES string of the molecule is C=CCN(C(=O)C1N(CCCCO)C(=O)[C@@H]2[C@H](C(=O)OCC)[C@]3(CC)CCC12O3)C(C)C. The molecule has 2 unspecified atom stereocenters. The Bertz CT molecular complexity index is 755. The second-order valence-corrected chi connectivity index (χ2v) is 9.42. The number of carbonyl (C=O) groups excluding carboxylic acids is 3. The quantitative estimate of drug-likeness (QED) is 0.293. The molecule has 3 aliphatic rings. The van der Waals surface area contributed by atoms with Crippen molar-refractivity contribution in [3.05, 3.63) is 12.7 Å². The molecule has 0 aliphatic carbocycles. The Kier molecular flexibility index (Phi) is 7.34. The molecule has 0 radical (unpaired) electrons. The van der Waals surface area contributed by atoms with Gasteiger partial charge >= 0.3 is 5.97 Å². The maximum absolute atomic E-state index is 13.9. The number of nitrogens with zero attached hydrogens (tertiary/aromatic N) is 2. The Labute approximate surface area is 190 Å². The van der Waals surface area contributed by atoms with Gasteiger partial charge < -0.3 is 24.4 Å². The van der Waals surface area contributed by atoms with Gasteiger partial charge in [0.05, 0.1) is 18.1 Å². The number of aliphatic hydroxyl groups is 1. The number of esters is 1. The van der Waals surface area contributed by atoms with E-state index in [4.69, 9.17) is 9.47 Å². The first kappa shape index (κ1) is 24.7. The maximum atomic E-state index is 13.9. The van der Waals surface area contributed by atoms with Gasteiger partial charge in [-0.3, -0.25) is 14.4 Å². The monoisotopic (exact) mass is 450 g/mol. The minimum atomic E-state index is -1.03. The van der Waals surface area contributed by atoms with E-state index in [0.29, 0.717) is 45.2 Å². The van der Waals surface area contributed by atoms with Crippen molar-refractivity contribution in [1.29, 1.82) is 0 Å². The lowest BCUT2D eigenvalue weighted by atomic mass is 9.65. The fraction of sp³-hybridized carbons (Fsp3) is 0.792. The number of unbranched alkanes of at least 4 members (excludes halogenated alkanes) is 1. The van der Waals surface area contributed by atoms with Crippen LogP contribution >= 0.6 is 0 Å². The number of ether oxygens (including phenoxy) is 2. The van der Waals surface area contributed by atoms with Gasteiger partial charge in [0, 0.05) is 25.7 Å². The summed E-state index contributed by atoms with van der Waals surface area (Å²) < 4.78 is 12.0. The van der Waals surface area contributed by atoms with E-state index < -0.39 is 35.0 Å². The predicted molar refractivity (Wildman–Crippen MR) is 119 cm³/mol. The zero-order chi connectivity index (χ0) is 23.7. The van der Waals surface area contributed by atoms with Crippen molar-refractivity contribution in [3.63, 3.8) is 0 Å². The van der Waals surface area contributed by atoms with Gasteiger partial charge in [-0.2, -0.15) is 0 Å².